The lowest BCUT2D eigenvalue weighted by Gasteiger charge is -2.34. The number of carbonyl (C=O) groups excluding carboxylic acids is 2. The fraction of sp³-hybridized carbons (Fsp3) is 0.257. The number of sulfonamides is 1. The van der Waals surface area contributed by atoms with Crippen LogP contribution in [-0.2, 0) is 38.8 Å². The summed E-state index contributed by atoms with van der Waals surface area (Å²) in [5.41, 5.74) is -0.478. The van der Waals surface area contributed by atoms with Gasteiger partial charge in [0.15, 0.2) is 0 Å². The summed E-state index contributed by atoms with van der Waals surface area (Å²) >= 11 is 13.0. The predicted octanol–water partition coefficient (Wildman–Crippen LogP) is 7.76. The number of rotatable bonds is 13. The predicted molar refractivity (Wildman–Crippen MR) is 181 cm³/mol. The van der Waals surface area contributed by atoms with Gasteiger partial charge in [0, 0.05) is 34.6 Å². The lowest BCUT2D eigenvalue weighted by Crippen LogP contribution is -2.54. The number of hydrogen-bond acceptors (Lipinski definition) is 4. The van der Waals surface area contributed by atoms with Crippen molar-refractivity contribution in [2.45, 2.75) is 56.4 Å². The first-order valence-electron chi connectivity index (χ1n) is 15.0. The number of hydrogen-bond donors (Lipinski definition) is 1. The highest BCUT2D eigenvalue weighted by atomic mass is 35.5. The molecule has 2 atom stereocenters. The van der Waals surface area contributed by atoms with E-state index in [2.05, 4.69) is 5.32 Å². The molecular weight excluding hydrogens is 686 g/mol. The minimum absolute atomic E-state index is 0.0336. The van der Waals surface area contributed by atoms with E-state index in [1.54, 1.807) is 61.5 Å². The zero-order chi connectivity index (χ0) is 35.1. The molecule has 0 bridgehead atoms. The maximum absolute atomic E-state index is 14.5. The fourth-order valence-electron chi connectivity index (χ4n) is 4.93. The topological polar surface area (TPSA) is 86.8 Å². The van der Waals surface area contributed by atoms with Gasteiger partial charge in [0.1, 0.15) is 12.6 Å². The summed E-state index contributed by atoms with van der Waals surface area (Å²) < 4.78 is 70.1. The third-order valence-electron chi connectivity index (χ3n) is 7.73. The van der Waals surface area contributed by atoms with E-state index < -0.39 is 46.2 Å². The van der Waals surface area contributed by atoms with Gasteiger partial charge < -0.3 is 10.2 Å². The Hall–Kier alpha value is -4.06. The average molecular weight is 721 g/mol. The second kappa shape index (κ2) is 15.9. The normalized spacial score (nSPS) is 13.0. The molecule has 0 unspecified atom stereocenters. The van der Waals surface area contributed by atoms with Crippen LogP contribution >= 0.6 is 23.2 Å². The van der Waals surface area contributed by atoms with Gasteiger partial charge in [-0.2, -0.15) is 13.2 Å². The van der Waals surface area contributed by atoms with Crippen LogP contribution in [0.2, 0.25) is 10.0 Å². The van der Waals surface area contributed by atoms with Gasteiger partial charge in [-0.1, -0.05) is 90.8 Å². The largest absolute Gasteiger partial charge is 0.416 e. The van der Waals surface area contributed by atoms with Crippen molar-refractivity contribution in [1.82, 2.24) is 10.2 Å². The van der Waals surface area contributed by atoms with Crippen LogP contribution in [0.4, 0.5) is 18.9 Å². The molecule has 254 valence electrons. The average Bonchev–Trinajstić information content (AvgIpc) is 3.06. The van der Waals surface area contributed by atoms with Gasteiger partial charge in [0.05, 0.1) is 16.1 Å². The van der Waals surface area contributed by atoms with Gasteiger partial charge in [-0.25, -0.2) is 8.42 Å². The summed E-state index contributed by atoms with van der Waals surface area (Å²) in [6, 6.07) is 23.0. The van der Waals surface area contributed by atoms with Crippen molar-refractivity contribution in [3.05, 3.63) is 130 Å². The Labute approximate surface area is 288 Å². The van der Waals surface area contributed by atoms with Crippen molar-refractivity contribution >= 4 is 50.7 Å². The van der Waals surface area contributed by atoms with Crippen molar-refractivity contribution in [3.8, 4) is 0 Å². The summed E-state index contributed by atoms with van der Waals surface area (Å²) in [4.78, 5) is 29.4. The first kappa shape index (κ1) is 36.8. The second-order valence-electron chi connectivity index (χ2n) is 11.1. The number of nitrogens with one attached hydrogen (secondary N) is 1. The van der Waals surface area contributed by atoms with E-state index in [0.717, 1.165) is 12.1 Å². The summed E-state index contributed by atoms with van der Waals surface area (Å²) in [6.45, 7) is 2.44. The minimum Gasteiger partial charge on any atom is -0.352 e. The lowest BCUT2D eigenvalue weighted by molar-refractivity contribution is -0.140. The number of nitrogens with zero attached hydrogens (tertiary/aromatic N) is 2. The zero-order valence-electron chi connectivity index (χ0n) is 26.1. The smallest absolute Gasteiger partial charge is 0.352 e. The molecule has 7 nitrogen and oxygen atoms in total. The minimum atomic E-state index is -4.79. The van der Waals surface area contributed by atoms with E-state index in [0.29, 0.717) is 27.9 Å². The molecule has 0 saturated carbocycles. The van der Waals surface area contributed by atoms with Gasteiger partial charge in [0.2, 0.25) is 11.8 Å². The lowest BCUT2D eigenvalue weighted by atomic mass is 10.0. The standard InChI is InChI=1S/C35H34Cl2F3N3O4S/c1-3-24(2)41-34(45)32(20-25-12-6-4-7-13-25)42(22-29-30(36)18-11-19-31(29)37)33(44)23-43(48(46,47)28-16-8-5-9-17-28)27-15-10-14-26(21-27)35(38,39)40/h4-19,21,24,32H,3,20,22-23H2,1-2H3,(H,41,45)/t24-,32+/m1/s1. The number of amides is 2. The Kier molecular flexibility index (Phi) is 12.2. The summed E-state index contributed by atoms with van der Waals surface area (Å²) in [5, 5.41) is 3.31. The molecule has 0 fully saturated rings. The number of alkyl halides is 3. The Morgan fingerprint density at radius 1 is 0.854 bits per heavy atom. The van der Waals surface area contributed by atoms with E-state index in [1.165, 1.54) is 35.2 Å². The van der Waals surface area contributed by atoms with Gasteiger partial charge in [-0.3, -0.25) is 13.9 Å². The van der Waals surface area contributed by atoms with Crippen molar-refractivity contribution in [2.75, 3.05) is 10.8 Å². The maximum Gasteiger partial charge on any atom is 0.416 e. The summed E-state index contributed by atoms with van der Waals surface area (Å²) in [6.07, 6.45) is -4.16. The molecule has 0 heterocycles. The first-order chi connectivity index (χ1) is 22.7. The van der Waals surface area contributed by atoms with Crippen LogP contribution in [0.25, 0.3) is 0 Å². The second-order valence-corrected chi connectivity index (χ2v) is 13.8. The van der Waals surface area contributed by atoms with E-state index in [-0.39, 0.29) is 39.6 Å². The molecule has 0 aliphatic rings. The van der Waals surface area contributed by atoms with Crippen LogP contribution in [0.5, 0.6) is 0 Å². The summed E-state index contributed by atoms with van der Waals surface area (Å²) in [7, 11) is -4.60. The van der Waals surface area contributed by atoms with Crippen LogP contribution < -0.4 is 9.62 Å². The van der Waals surface area contributed by atoms with E-state index >= 15 is 0 Å². The molecule has 0 aliphatic heterocycles. The SMILES string of the molecule is CC[C@@H](C)NC(=O)[C@H](Cc1ccccc1)N(Cc1c(Cl)cccc1Cl)C(=O)CN(c1cccc(C(F)(F)F)c1)S(=O)(=O)c1ccccc1. The van der Waals surface area contributed by atoms with Crippen molar-refractivity contribution in [2.24, 2.45) is 0 Å². The number of halogens is 5. The van der Waals surface area contributed by atoms with Crippen LogP contribution in [0, 0.1) is 0 Å². The Bertz CT molecular complexity index is 1810. The van der Waals surface area contributed by atoms with Gasteiger partial charge in [-0.15, -0.1) is 0 Å². The van der Waals surface area contributed by atoms with E-state index in [4.69, 9.17) is 23.2 Å². The number of benzene rings is 4. The highest BCUT2D eigenvalue weighted by Gasteiger charge is 2.37. The first-order valence-corrected chi connectivity index (χ1v) is 17.2. The number of carbonyl (C=O) groups is 2. The van der Waals surface area contributed by atoms with E-state index in [1.807, 2.05) is 6.92 Å². The molecule has 48 heavy (non-hydrogen) atoms. The van der Waals surface area contributed by atoms with Crippen LogP contribution in [0.3, 0.4) is 0 Å². The molecule has 0 aliphatic carbocycles. The molecule has 0 spiro atoms. The quantitative estimate of drug-likeness (QED) is 0.153. The molecule has 2 amide bonds. The van der Waals surface area contributed by atoms with Crippen LogP contribution in [0.1, 0.15) is 37.0 Å². The van der Waals surface area contributed by atoms with Gasteiger partial charge >= 0.3 is 6.18 Å². The molecule has 13 heteroatoms. The molecule has 4 aromatic rings. The molecule has 4 rings (SSSR count). The highest BCUT2D eigenvalue weighted by molar-refractivity contribution is 7.92. The zero-order valence-corrected chi connectivity index (χ0v) is 28.5. The Balaban J connectivity index is 1.87. The Morgan fingerprint density at radius 2 is 1.44 bits per heavy atom. The molecule has 0 saturated heterocycles. The molecule has 4 aromatic carbocycles. The van der Waals surface area contributed by atoms with E-state index in [9.17, 15) is 31.2 Å². The third-order valence-corrected chi connectivity index (χ3v) is 10.2. The van der Waals surface area contributed by atoms with Gasteiger partial charge in [0.25, 0.3) is 10.0 Å². The maximum atomic E-state index is 14.5. The summed E-state index contributed by atoms with van der Waals surface area (Å²) in [5.74, 6) is -1.38. The number of anilines is 1. The van der Waals surface area contributed by atoms with Crippen molar-refractivity contribution < 1.29 is 31.2 Å². The Morgan fingerprint density at radius 3 is 2.02 bits per heavy atom. The third kappa shape index (κ3) is 9.09. The van der Waals surface area contributed by atoms with Crippen molar-refractivity contribution in [1.29, 1.82) is 0 Å². The monoisotopic (exact) mass is 719 g/mol. The highest BCUT2D eigenvalue weighted by Crippen LogP contribution is 2.34. The molecule has 1 N–H and O–H groups in total. The molecule has 0 radical (unpaired) electrons. The fourth-order valence-corrected chi connectivity index (χ4v) is 6.88. The molecule has 0 aromatic heterocycles. The van der Waals surface area contributed by atoms with Crippen molar-refractivity contribution in [3.63, 3.8) is 0 Å². The van der Waals surface area contributed by atoms with Crippen LogP contribution in [-0.4, -0.2) is 43.8 Å². The van der Waals surface area contributed by atoms with Crippen LogP contribution in [0.15, 0.2) is 108 Å². The molecular formula is C35H34Cl2F3N3O4S. The van der Waals surface area contributed by atoms with Gasteiger partial charge in [-0.05, 0) is 61.4 Å².